The summed E-state index contributed by atoms with van der Waals surface area (Å²) in [6, 6.07) is 3.93. The van der Waals surface area contributed by atoms with Gasteiger partial charge in [0.25, 0.3) is 0 Å². The zero-order valence-electron chi connectivity index (χ0n) is 11.7. The van der Waals surface area contributed by atoms with Gasteiger partial charge in [-0.25, -0.2) is 17.6 Å². The Balaban J connectivity index is 2.68. The van der Waals surface area contributed by atoms with Crippen LogP contribution in [0.15, 0.2) is 24.3 Å². The van der Waals surface area contributed by atoms with E-state index in [2.05, 4.69) is 0 Å². The normalized spacial score (nSPS) is 12.0. The Kier molecular flexibility index (Phi) is 5.90. The highest BCUT2D eigenvalue weighted by molar-refractivity contribution is 7.91. The Morgan fingerprint density at radius 1 is 1.43 bits per heavy atom. The van der Waals surface area contributed by atoms with Crippen LogP contribution in [0, 0.1) is 5.82 Å². The Bertz CT molecular complexity index is 635. The van der Waals surface area contributed by atoms with Crippen LogP contribution in [0.1, 0.15) is 19.4 Å². The quantitative estimate of drug-likeness (QED) is 0.779. The molecule has 0 saturated carbocycles. The summed E-state index contributed by atoms with van der Waals surface area (Å²) in [5.41, 5.74) is 0.372. The van der Waals surface area contributed by atoms with E-state index in [1.165, 1.54) is 18.2 Å². The highest BCUT2D eigenvalue weighted by atomic mass is 32.2. The number of rotatable bonds is 7. The smallest absolute Gasteiger partial charge is 0.328 e. The zero-order chi connectivity index (χ0) is 16.0. The van der Waals surface area contributed by atoms with Gasteiger partial charge in [0, 0.05) is 6.08 Å². The Labute approximate surface area is 123 Å². The van der Waals surface area contributed by atoms with Crippen LogP contribution in [0.5, 0.6) is 5.75 Å². The van der Waals surface area contributed by atoms with Crippen LogP contribution in [0.4, 0.5) is 4.39 Å². The Morgan fingerprint density at radius 2 is 2.10 bits per heavy atom. The maximum absolute atomic E-state index is 13.7. The lowest BCUT2D eigenvalue weighted by Crippen LogP contribution is -2.22. The molecule has 0 aliphatic carbocycles. The van der Waals surface area contributed by atoms with Crippen LogP contribution in [0.25, 0.3) is 6.08 Å². The lowest BCUT2D eigenvalue weighted by Gasteiger charge is -2.10. The van der Waals surface area contributed by atoms with Gasteiger partial charge in [0.15, 0.2) is 21.4 Å². The lowest BCUT2D eigenvalue weighted by atomic mass is 10.2. The van der Waals surface area contributed by atoms with Gasteiger partial charge in [0.1, 0.15) is 6.61 Å². The van der Waals surface area contributed by atoms with Gasteiger partial charge in [-0.1, -0.05) is 6.07 Å². The number of ether oxygens (including phenoxy) is 1. The van der Waals surface area contributed by atoms with Gasteiger partial charge in [-0.05, 0) is 37.6 Å². The molecule has 1 aromatic carbocycles. The first-order valence-electron chi connectivity index (χ1n) is 6.27. The molecule has 7 heteroatoms. The number of halogens is 1. The summed E-state index contributed by atoms with van der Waals surface area (Å²) >= 11 is 0. The fourth-order valence-electron chi connectivity index (χ4n) is 1.41. The molecule has 1 N–H and O–H groups in total. The number of benzene rings is 1. The van der Waals surface area contributed by atoms with Gasteiger partial charge in [0.05, 0.1) is 11.0 Å². The van der Waals surface area contributed by atoms with Gasteiger partial charge in [-0.3, -0.25) is 0 Å². The summed E-state index contributed by atoms with van der Waals surface area (Å²) in [4.78, 5) is 10.4. The molecule has 1 rings (SSSR count). The molecule has 0 aliphatic heterocycles. The number of hydrogen-bond donors (Lipinski definition) is 1. The molecule has 0 saturated heterocycles. The number of carbonyl (C=O) groups is 1. The fraction of sp³-hybridized carbons (Fsp3) is 0.357. The molecule has 0 unspecified atom stereocenters. The second-order valence-corrected chi connectivity index (χ2v) is 7.30. The van der Waals surface area contributed by atoms with Gasteiger partial charge in [-0.15, -0.1) is 0 Å². The average molecular weight is 316 g/mol. The van der Waals surface area contributed by atoms with Crippen LogP contribution < -0.4 is 4.74 Å². The third kappa shape index (κ3) is 5.55. The van der Waals surface area contributed by atoms with Crippen LogP contribution in [-0.4, -0.2) is 37.1 Å². The summed E-state index contributed by atoms with van der Waals surface area (Å²) in [5, 5.41) is 7.97. The second kappa shape index (κ2) is 7.21. The van der Waals surface area contributed by atoms with Gasteiger partial charge in [0.2, 0.25) is 0 Å². The van der Waals surface area contributed by atoms with Crippen LogP contribution in [0.2, 0.25) is 0 Å². The van der Waals surface area contributed by atoms with Crippen LogP contribution in [0.3, 0.4) is 0 Å². The van der Waals surface area contributed by atoms with Gasteiger partial charge in [-0.2, -0.15) is 0 Å². The van der Waals surface area contributed by atoms with Crippen molar-refractivity contribution in [2.75, 3.05) is 12.4 Å². The van der Waals surface area contributed by atoms with Crippen molar-refractivity contribution in [3.8, 4) is 5.75 Å². The molecule has 5 nitrogen and oxygen atoms in total. The standard InChI is InChI=1S/C14H17FO5S/c1-10(2)21(18,19)8-7-20-13-5-3-11(9-12(13)15)4-6-14(16)17/h3-6,9-10H,7-8H2,1-2H3,(H,16,17)/b6-4+. The van der Waals surface area contributed by atoms with E-state index in [1.54, 1.807) is 13.8 Å². The third-order valence-corrected chi connectivity index (χ3v) is 4.89. The number of sulfone groups is 1. The van der Waals surface area contributed by atoms with Gasteiger partial charge < -0.3 is 9.84 Å². The fourth-order valence-corrected chi connectivity index (χ4v) is 2.20. The van der Waals surface area contributed by atoms with E-state index < -0.39 is 26.9 Å². The molecule has 21 heavy (non-hydrogen) atoms. The van der Waals surface area contributed by atoms with E-state index >= 15 is 0 Å². The monoisotopic (exact) mass is 316 g/mol. The van der Waals surface area contributed by atoms with Crippen molar-refractivity contribution in [2.24, 2.45) is 0 Å². The zero-order valence-corrected chi connectivity index (χ0v) is 12.6. The minimum atomic E-state index is -3.23. The molecular weight excluding hydrogens is 299 g/mol. The first-order chi connectivity index (χ1) is 9.72. The first kappa shape index (κ1) is 17.2. The summed E-state index contributed by atoms with van der Waals surface area (Å²) in [7, 11) is -3.23. The summed E-state index contributed by atoms with van der Waals surface area (Å²) < 4.78 is 41.9. The second-order valence-electron chi connectivity index (χ2n) is 4.63. The average Bonchev–Trinajstić information content (AvgIpc) is 2.38. The summed E-state index contributed by atoms with van der Waals surface area (Å²) in [5.74, 6) is -2.06. The molecule has 116 valence electrons. The number of hydrogen-bond acceptors (Lipinski definition) is 4. The minimum Gasteiger partial charge on any atom is -0.489 e. The van der Waals surface area contributed by atoms with E-state index in [0.717, 1.165) is 12.1 Å². The number of carboxylic acids is 1. The van der Waals surface area contributed by atoms with Crippen molar-refractivity contribution in [3.63, 3.8) is 0 Å². The highest BCUT2D eigenvalue weighted by Crippen LogP contribution is 2.19. The molecule has 0 fully saturated rings. The van der Waals surface area contributed by atoms with Crippen molar-refractivity contribution < 1.29 is 27.4 Å². The maximum atomic E-state index is 13.7. The molecular formula is C14H17FO5S. The molecule has 0 atom stereocenters. The predicted octanol–water partition coefficient (Wildman–Crippen LogP) is 2.13. The van der Waals surface area contributed by atoms with E-state index in [-0.39, 0.29) is 18.1 Å². The van der Waals surface area contributed by atoms with Crippen molar-refractivity contribution in [2.45, 2.75) is 19.1 Å². The Hall–Kier alpha value is -1.89. The highest BCUT2D eigenvalue weighted by Gasteiger charge is 2.16. The first-order valence-corrected chi connectivity index (χ1v) is 7.99. The van der Waals surface area contributed by atoms with Gasteiger partial charge >= 0.3 is 5.97 Å². The third-order valence-electron chi connectivity index (χ3n) is 2.72. The number of aliphatic carboxylic acids is 1. The molecule has 0 aromatic heterocycles. The van der Waals surface area contributed by atoms with Crippen molar-refractivity contribution >= 4 is 21.9 Å². The molecule has 0 spiro atoms. The summed E-state index contributed by atoms with van der Waals surface area (Å²) in [6.45, 7) is 3.00. The molecule has 0 amide bonds. The lowest BCUT2D eigenvalue weighted by molar-refractivity contribution is -0.131. The predicted molar refractivity (Wildman–Crippen MR) is 77.5 cm³/mol. The van der Waals surface area contributed by atoms with E-state index in [1.807, 2.05) is 0 Å². The van der Waals surface area contributed by atoms with E-state index in [4.69, 9.17) is 9.84 Å². The molecule has 0 heterocycles. The molecule has 0 radical (unpaired) electrons. The minimum absolute atomic E-state index is 0.0681. The van der Waals surface area contributed by atoms with Crippen molar-refractivity contribution in [1.82, 2.24) is 0 Å². The van der Waals surface area contributed by atoms with Crippen LogP contribution >= 0.6 is 0 Å². The topological polar surface area (TPSA) is 80.7 Å². The molecule has 1 aromatic rings. The van der Waals surface area contributed by atoms with Crippen LogP contribution in [-0.2, 0) is 14.6 Å². The molecule has 0 bridgehead atoms. The largest absolute Gasteiger partial charge is 0.489 e. The molecule has 0 aliphatic rings. The number of carboxylic acid groups (broad SMARTS) is 1. The van der Waals surface area contributed by atoms with E-state index in [0.29, 0.717) is 5.56 Å². The summed E-state index contributed by atoms with van der Waals surface area (Å²) in [6.07, 6.45) is 2.14. The Morgan fingerprint density at radius 3 is 2.62 bits per heavy atom. The maximum Gasteiger partial charge on any atom is 0.328 e. The van der Waals surface area contributed by atoms with E-state index in [9.17, 15) is 17.6 Å². The van der Waals surface area contributed by atoms with Crippen molar-refractivity contribution in [3.05, 3.63) is 35.7 Å². The van der Waals surface area contributed by atoms with Crippen molar-refractivity contribution in [1.29, 1.82) is 0 Å². The SMILES string of the molecule is CC(C)S(=O)(=O)CCOc1ccc(/C=C/C(=O)O)cc1F.